The molecule has 0 saturated heterocycles. The van der Waals surface area contributed by atoms with Gasteiger partial charge in [-0.3, -0.25) is 9.41 Å². The van der Waals surface area contributed by atoms with E-state index in [0.29, 0.717) is 0 Å². The summed E-state index contributed by atoms with van der Waals surface area (Å²) >= 11 is 0. The van der Waals surface area contributed by atoms with Gasteiger partial charge in [-0.05, 0) is 6.92 Å². The average Bonchev–Trinajstić information content (AvgIpc) is 1.97. The van der Waals surface area contributed by atoms with Crippen molar-refractivity contribution in [2.75, 3.05) is 0 Å². The first kappa shape index (κ1) is 12.3. The second kappa shape index (κ2) is 5.11. The van der Waals surface area contributed by atoms with Gasteiger partial charge in [0, 0.05) is 6.08 Å². The Morgan fingerprint density at radius 3 is 2.54 bits per heavy atom. The fourth-order valence-corrected chi connectivity index (χ4v) is 0.782. The quantitative estimate of drug-likeness (QED) is 0.219. The molecule has 0 fully saturated rings. The fraction of sp³-hybridized carbons (Fsp3) is 0.400. The van der Waals surface area contributed by atoms with Crippen molar-refractivity contribution in [3.8, 4) is 0 Å². The summed E-state index contributed by atoms with van der Waals surface area (Å²) < 4.78 is 14.2. The van der Waals surface area contributed by atoms with E-state index in [0.717, 1.165) is 13.0 Å². The van der Waals surface area contributed by atoms with Gasteiger partial charge in [-0.25, -0.2) is 9.36 Å². The molecule has 0 aliphatic heterocycles. The molecule has 0 rings (SSSR count). The van der Waals surface area contributed by atoms with Crippen LogP contribution in [0, 0.1) is 0 Å². The van der Waals surface area contributed by atoms with Crippen LogP contribution in [0.2, 0.25) is 0 Å². The summed E-state index contributed by atoms with van der Waals surface area (Å²) in [7, 11) is -4.63. The Labute approximate surface area is 74.1 Å². The minimum Gasteiger partial charge on any atom is -0.303 e. The highest BCUT2D eigenvalue weighted by Crippen LogP contribution is 2.37. The first-order valence-electron chi connectivity index (χ1n) is 3.09. The molecule has 0 heterocycles. The van der Waals surface area contributed by atoms with E-state index in [2.05, 4.69) is 20.9 Å². The van der Waals surface area contributed by atoms with Gasteiger partial charge in [0.05, 0.1) is 0 Å². The molecule has 7 nitrogen and oxygen atoms in total. The lowest BCUT2D eigenvalue weighted by Gasteiger charge is -2.11. The van der Waals surface area contributed by atoms with Crippen molar-refractivity contribution in [3.63, 3.8) is 0 Å². The van der Waals surface area contributed by atoms with Crippen LogP contribution in [0.15, 0.2) is 12.7 Å². The topological polar surface area (TPSA) is 102 Å². The molecule has 0 aromatic heterocycles. The molecule has 1 unspecified atom stereocenters. The Morgan fingerprint density at radius 1 is 1.62 bits per heavy atom. The molecule has 0 aromatic rings. The maximum atomic E-state index is 10.4. The number of carbonyl (C=O) groups excluding carboxylic acids is 1. The average molecular weight is 212 g/mol. The van der Waals surface area contributed by atoms with E-state index in [-0.39, 0.29) is 0 Å². The zero-order valence-electron chi connectivity index (χ0n) is 6.74. The van der Waals surface area contributed by atoms with Gasteiger partial charge in [-0.2, -0.15) is 4.89 Å². The number of rotatable bonds is 5. The predicted molar refractivity (Wildman–Crippen MR) is 40.0 cm³/mol. The van der Waals surface area contributed by atoms with Crippen molar-refractivity contribution in [3.05, 3.63) is 12.7 Å². The van der Waals surface area contributed by atoms with Crippen LogP contribution >= 0.6 is 7.82 Å². The van der Waals surface area contributed by atoms with E-state index in [4.69, 9.17) is 9.79 Å². The van der Waals surface area contributed by atoms with E-state index in [1.54, 1.807) is 0 Å². The van der Waals surface area contributed by atoms with Gasteiger partial charge in [-0.15, -0.1) is 0 Å². The molecule has 8 heteroatoms. The van der Waals surface area contributed by atoms with E-state index >= 15 is 0 Å². The van der Waals surface area contributed by atoms with E-state index in [9.17, 15) is 9.36 Å². The van der Waals surface area contributed by atoms with Gasteiger partial charge in [0.2, 0.25) is 6.29 Å². The van der Waals surface area contributed by atoms with Crippen LogP contribution in [-0.2, 0) is 23.7 Å². The van der Waals surface area contributed by atoms with Crippen LogP contribution < -0.4 is 0 Å². The molecule has 0 radical (unpaired) electrons. The lowest BCUT2D eigenvalue weighted by atomic mass is 10.7. The number of hydrogen-bond acceptors (Lipinski definition) is 5. The van der Waals surface area contributed by atoms with E-state index in [1.165, 1.54) is 0 Å². The van der Waals surface area contributed by atoms with Crippen LogP contribution in [0.25, 0.3) is 0 Å². The van der Waals surface area contributed by atoms with Crippen molar-refractivity contribution in [1.82, 2.24) is 0 Å². The van der Waals surface area contributed by atoms with Crippen LogP contribution in [-0.4, -0.2) is 22.0 Å². The SMILES string of the molecule is C=CC(=O)OOC(C)OP(=O)(O)O. The maximum absolute atomic E-state index is 10.4. The van der Waals surface area contributed by atoms with Gasteiger partial charge in [-0.1, -0.05) is 6.58 Å². The largest absolute Gasteiger partial charge is 0.472 e. The van der Waals surface area contributed by atoms with Crippen molar-refractivity contribution in [2.24, 2.45) is 0 Å². The Morgan fingerprint density at radius 2 is 2.15 bits per heavy atom. The highest BCUT2D eigenvalue weighted by Gasteiger charge is 2.20. The van der Waals surface area contributed by atoms with E-state index in [1.807, 2.05) is 0 Å². The molecule has 2 N–H and O–H groups in total. The molecule has 13 heavy (non-hydrogen) atoms. The molecule has 0 aliphatic rings. The number of carbonyl (C=O) groups is 1. The van der Waals surface area contributed by atoms with Crippen LogP contribution in [0.4, 0.5) is 0 Å². The van der Waals surface area contributed by atoms with Gasteiger partial charge in [0.15, 0.2) is 0 Å². The van der Waals surface area contributed by atoms with Crippen molar-refractivity contribution in [1.29, 1.82) is 0 Å². The Bertz CT molecular complexity index is 231. The molecular formula is C5H9O7P. The highest BCUT2D eigenvalue weighted by atomic mass is 31.2. The molecule has 0 bridgehead atoms. The van der Waals surface area contributed by atoms with Crippen LogP contribution in [0.3, 0.4) is 0 Å². The molecule has 0 amide bonds. The van der Waals surface area contributed by atoms with Crippen molar-refractivity contribution < 1.29 is 33.4 Å². The predicted octanol–water partition coefficient (Wildman–Crippen LogP) is 0.102. The third-order valence-electron chi connectivity index (χ3n) is 0.718. The Balaban J connectivity index is 3.76. The summed E-state index contributed by atoms with van der Waals surface area (Å²) in [5, 5.41) is 0. The molecule has 0 spiro atoms. The number of phosphoric acid groups is 1. The summed E-state index contributed by atoms with van der Waals surface area (Å²) in [5.74, 6) is -0.888. The Kier molecular flexibility index (Phi) is 4.82. The lowest BCUT2D eigenvalue weighted by Crippen LogP contribution is -2.14. The van der Waals surface area contributed by atoms with Crippen molar-refractivity contribution >= 4 is 13.8 Å². The maximum Gasteiger partial charge on any atom is 0.472 e. The monoisotopic (exact) mass is 212 g/mol. The van der Waals surface area contributed by atoms with Crippen molar-refractivity contribution in [2.45, 2.75) is 13.2 Å². The summed E-state index contributed by atoms with van der Waals surface area (Å²) in [6.07, 6.45) is -0.533. The summed E-state index contributed by atoms with van der Waals surface area (Å²) in [6, 6.07) is 0. The van der Waals surface area contributed by atoms with Crippen LogP contribution in [0.1, 0.15) is 6.92 Å². The zero-order valence-corrected chi connectivity index (χ0v) is 7.64. The number of hydrogen-bond donors (Lipinski definition) is 2. The second-order valence-corrected chi connectivity index (χ2v) is 3.06. The molecule has 0 aliphatic carbocycles. The third-order valence-corrected chi connectivity index (χ3v) is 1.29. The minimum absolute atomic E-state index is 0.824. The first-order chi connectivity index (χ1) is 5.85. The molecule has 0 aromatic carbocycles. The second-order valence-electron chi connectivity index (χ2n) is 1.87. The van der Waals surface area contributed by atoms with Crippen LogP contribution in [0.5, 0.6) is 0 Å². The number of phosphoric ester groups is 1. The fourth-order valence-electron chi connectivity index (χ4n) is 0.360. The standard InChI is InChI=1S/C5H9O7P/c1-3-5(6)11-10-4(2)12-13(7,8)9/h3-4H,1H2,2H3,(H2,7,8,9). The Hall–Kier alpha value is -0.720. The van der Waals surface area contributed by atoms with Gasteiger partial charge in [0.1, 0.15) is 0 Å². The smallest absolute Gasteiger partial charge is 0.303 e. The molecule has 76 valence electrons. The minimum atomic E-state index is -4.63. The first-order valence-corrected chi connectivity index (χ1v) is 4.62. The van der Waals surface area contributed by atoms with Gasteiger partial charge in [0.25, 0.3) is 0 Å². The molecular weight excluding hydrogens is 203 g/mol. The summed E-state index contributed by atoms with van der Waals surface area (Å²) in [5.41, 5.74) is 0. The normalized spacial score (nSPS) is 13.5. The summed E-state index contributed by atoms with van der Waals surface area (Å²) in [4.78, 5) is 35.0. The highest BCUT2D eigenvalue weighted by molar-refractivity contribution is 7.46. The lowest BCUT2D eigenvalue weighted by molar-refractivity contribution is -0.328. The third kappa shape index (κ3) is 7.63. The van der Waals surface area contributed by atoms with Gasteiger partial charge >= 0.3 is 13.8 Å². The zero-order chi connectivity index (χ0) is 10.5. The van der Waals surface area contributed by atoms with Gasteiger partial charge < -0.3 is 9.79 Å². The molecule has 0 saturated carbocycles. The van der Waals surface area contributed by atoms with E-state index < -0.39 is 20.1 Å². The molecule has 1 atom stereocenters. The summed E-state index contributed by atoms with van der Waals surface area (Å²) in [6.45, 7) is 4.21.